The van der Waals surface area contributed by atoms with Gasteiger partial charge in [0, 0.05) is 0 Å². The maximum absolute atomic E-state index is 14.6. The summed E-state index contributed by atoms with van der Waals surface area (Å²) in [6.07, 6.45) is -1.47. The molecular weight excluding hydrogens is 349 g/mol. The van der Waals surface area contributed by atoms with Crippen LogP contribution in [0.3, 0.4) is 0 Å². The molecule has 0 aliphatic carbocycles. The number of anilines is 2. The molecule has 0 saturated heterocycles. The Hall–Kier alpha value is -3.37. The van der Waals surface area contributed by atoms with Crippen molar-refractivity contribution in [1.29, 1.82) is 0 Å². The zero-order valence-corrected chi connectivity index (χ0v) is 13.5. The fourth-order valence-electron chi connectivity index (χ4n) is 2.95. The fourth-order valence-corrected chi connectivity index (χ4v) is 2.95. The Balaban J connectivity index is 1.98. The van der Waals surface area contributed by atoms with Crippen molar-refractivity contribution in [3.8, 4) is 11.3 Å². The van der Waals surface area contributed by atoms with E-state index in [4.69, 9.17) is 11.5 Å². The second-order valence-electron chi connectivity index (χ2n) is 5.70. The smallest absolute Gasteiger partial charge is 0.256 e. The molecule has 26 heavy (non-hydrogen) atoms. The van der Waals surface area contributed by atoms with Gasteiger partial charge in [0.25, 0.3) is 6.43 Å². The Labute approximate surface area is 144 Å². The molecular formula is C15H13F3N8. The number of alkyl halides is 2. The van der Waals surface area contributed by atoms with E-state index in [0.717, 1.165) is 6.20 Å². The minimum absolute atomic E-state index is 0.0180. The highest BCUT2D eigenvalue weighted by atomic mass is 19.3. The van der Waals surface area contributed by atoms with Crippen molar-refractivity contribution < 1.29 is 13.2 Å². The fraction of sp³-hybridized carbons (Fsp3) is 0.200. The van der Waals surface area contributed by atoms with E-state index in [2.05, 4.69) is 20.1 Å². The molecule has 4 heterocycles. The number of aromatic nitrogens is 6. The topological polar surface area (TPSA) is 113 Å². The third-order valence-electron chi connectivity index (χ3n) is 3.99. The molecule has 8 nitrogen and oxygen atoms in total. The van der Waals surface area contributed by atoms with Crippen LogP contribution in [0.5, 0.6) is 0 Å². The molecule has 0 amide bonds. The van der Waals surface area contributed by atoms with Crippen LogP contribution in [-0.2, 0) is 6.54 Å². The van der Waals surface area contributed by atoms with E-state index in [0.29, 0.717) is 11.3 Å². The van der Waals surface area contributed by atoms with E-state index < -0.39 is 18.8 Å². The van der Waals surface area contributed by atoms with Gasteiger partial charge in [0.2, 0.25) is 5.95 Å². The van der Waals surface area contributed by atoms with Crippen LogP contribution in [0.15, 0.2) is 18.3 Å². The molecule has 134 valence electrons. The van der Waals surface area contributed by atoms with Gasteiger partial charge in [0.15, 0.2) is 17.3 Å². The van der Waals surface area contributed by atoms with Gasteiger partial charge in [-0.15, -0.1) is 5.10 Å². The number of nitrogen functional groups attached to an aromatic ring is 2. The first-order valence-corrected chi connectivity index (χ1v) is 7.57. The van der Waals surface area contributed by atoms with Gasteiger partial charge >= 0.3 is 0 Å². The third-order valence-corrected chi connectivity index (χ3v) is 3.99. The number of hydrogen-bond donors (Lipinski definition) is 2. The van der Waals surface area contributed by atoms with Crippen LogP contribution in [0.4, 0.5) is 24.9 Å². The monoisotopic (exact) mass is 362 g/mol. The average molecular weight is 362 g/mol. The first-order chi connectivity index (χ1) is 12.3. The molecule has 0 bridgehead atoms. The van der Waals surface area contributed by atoms with Crippen molar-refractivity contribution in [2.75, 3.05) is 11.5 Å². The molecule has 4 aromatic rings. The Bertz CT molecular complexity index is 1150. The molecule has 0 spiro atoms. The zero-order chi connectivity index (χ0) is 18.6. The lowest BCUT2D eigenvalue weighted by molar-refractivity contribution is 0.127. The molecule has 0 saturated carbocycles. The molecule has 0 unspecified atom stereocenters. The number of fused-ring (bicyclic) bond motifs is 2. The first kappa shape index (κ1) is 16.1. The van der Waals surface area contributed by atoms with Gasteiger partial charge in [-0.1, -0.05) is 0 Å². The number of aryl methyl sites for hydroxylation is 1. The van der Waals surface area contributed by atoms with E-state index in [1.165, 1.54) is 15.1 Å². The largest absolute Gasteiger partial charge is 0.382 e. The van der Waals surface area contributed by atoms with Crippen molar-refractivity contribution in [3.05, 3.63) is 30.0 Å². The minimum atomic E-state index is -2.57. The van der Waals surface area contributed by atoms with Gasteiger partial charge in [-0.3, -0.25) is 0 Å². The molecule has 0 atom stereocenters. The summed E-state index contributed by atoms with van der Waals surface area (Å²) in [5.74, 6) is -0.371. The van der Waals surface area contributed by atoms with Crippen molar-refractivity contribution in [3.63, 3.8) is 0 Å². The van der Waals surface area contributed by atoms with Gasteiger partial charge < -0.3 is 16.0 Å². The summed E-state index contributed by atoms with van der Waals surface area (Å²) >= 11 is 0. The Morgan fingerprint density at radius 1 is 1.15 bits per heavy atom. The maximum atomic E-state index is 14.6. The normalized spacial score (nSPS) is 11.9. The number of halogens is 3. The molecule has 0 radical (unpaired) electrons. The maximum Gasteiger partial charge on any atom is 0.256 e. The lowest BCUT2D eigenvalue weighted by Gasteiger charge is -2.07. The summed E-state index contributed by atoms with van der Waals surface area (Å²) in [5, 5.41) is 3.89. The van der Waals surface area contributed by atoms with Gasteiger partial charge in [0.1, 0.15) is 16.9 Å². The summed E-state index contributed by atoms with van der Waals surface area (Å²) in [6.45, 7) is 1.05. The van der Waals surface area contributed by atoms with Crippen LogP contribution < -0.4 is 11.5 Å². The summed E-state index contributed by atoms with van der Waals surface area (Å²) in [5.41, 5.74) is 12.5. The quantitative estimate of drug-likeness (QED) is 0.576. The first-order valence-electron chi connectivity index (χ1n) is 7.57. The molecule has 0 fully saturated rings. The van der Waals surface area contributed by atoms with Gasteiger partial charge in [-0.05, 0) is 19.1 Å². The summed E-state index contributed by atoms with van der Waals surface area (Å²) in [7, 11) is 0. The number of nitrogens with zero attached hydrogens (tertiary/aromatic N) is 6. The number of imidazole rings is 1. The van der Waals surface area contributed by atoms with Crippen molar-refractivity contribution >= 4 is 28.4 Å². The third kappa shape index (κ3) is 2.39. The number of hydrogen-bond acceptors (Lipinski definition) is 6. The van der Waals surface area contributed by atoms with Crippen molar-refractivity contribution in [2.45, 2.75) is 19.9 Å². The Morgan fingerprint density at radius 3 is 2.65 bits per heavy atom. The standard InChI is InChI=1S/C15H13F3N8/c1-6-21-9-3-2-8(22-14(9)25(6)5-10(17)18)11-7(16)4-26-12(11)13(19)23-15(20)24-26/h2-4,10H,5H2,1H3,(H4,19,20,23,24). The molecule has 4 rings (SSSR count). The van der Waals surface area contributed by atoms with Crippen molar-refractivity contribution in [1.82, 2.24) is 29.1 Å². The number of rotatable bonds is 3. The molecule has 0 aliphatic rings. The summed E-state index contributed by atoms with van der Waals surface area (Å²) < 4.78 is 42.7. The minimum Gasteiger partial charge on any atom is -0.382 e. The lowest BCUT2D eigenvalue weighted by Crippen LogP contribution is -2.09. The highest BCUT2D eigenvalue weighted by Gasteiger charge is 2.21. The second kappa shape index (κ2) is 5.58. The molecule has 11 heteroatoms. The van der Waals surface area contributed by atoms with Crippen LogP contribution in [0.2, 0.25) is 0 Å². The summed E-state index contributed by atoms with van der Waals surface area (Å²) in [4.78, 5) is 12.4. The number of nitrogens with two attached hydrogens (primary N) is 2. The highest BCUT2D eigenvalue weighted by molar-refractivity contribution is 5.88. The molecule has 4 aromatic heterocycles. The average Bonchev–Trinajstić information content (AvgIpc) is 3.03. The predicted octanol–water partition coefficient (Wildman–Crippen LogP) is 2.02. The van der Waals surface area contributed by atoms with E-state index in [-0.39, 0.29) is 34.2 Å². The molecule has 0 aliphatic heterocycles. The molecule has 4 N–H and O–H groups in total. The van der Waals surface area contributed by atoms with Crippen LogP contribution >= 0.6 is 0 Å². The van der Waals surface area contributed by atoms with Gasteiger partial charge in [0.05, 0.1) is 24.0 Å². The van der Waals surface area contributed by atoms with E-state index in [1.807, 2.05) is 0 Å². The van der Waals surface area contributed by atoms with Gasteiger partial charge in [-0.2, -0.15) is 4.98 Å². The van der Waals surface area contributed by atoms with Crippen LogP contribution in [0.25, 0.3) is 27.9 Å². The van der Waals surface area contributed by atoms with Gasteiger partial charge in [-0.25, -0.2) is 27.7 Å². The highest BCUT2D eigenvalue weighted by Crippen LogP contribution is 2.31. The van der Waals surface area contributed by atoms with Crippen LogP contribution in [0.1, 0.15) is 5.82 Å². The Morgan fingerprint density at radius 2 is 1.92 bits per heavy atom. The Kier molecular flexibility index (Phi) is 3.46. The lowest BCUT2D eigenvalue weighted by atomic mass is 10.1. The molecule has 0 aromatic carbocycles. The van der Waals surface area contributed by atoms with E-state index in [9.17, 15) is 13.2 Å². The summed E-state index contributed by atoms with van der Waals surface area (Å²) in [6, 6.07) is 3.12. The van der Waals surface area contributed by atoms with E-state index in [1.54, 1.807) is 13.0 Å². The predicted molar refractivity (Wildman–Crippen MR) is 89.0 cm³/mol. The van der Waals surface area contributed by atoms with E-state index >= 15 is 0 Å². The zero-order valence-electron chi connectivity index (χ0n) is 13.5. The van der Waals surface area contributed by atoms with Crippen LogP contribution in [0, 0.1) is 12.7 Å². The SMILES string of the molecule is Cc1nc2ccc(-c3c(F)cn4nc(N)nc(N)c34)nc2n1CC(F)F. The van der Waals surface area contributed by atoms with Crippen molar-refractivity contribution in [2.24, 2.45) is 0 Å². The number of pyridine rings is 1. The second-order valence-corrected chi connectivity index (χ2v) is 5.70. The van der Waals surface area contributed by atoms with Crippen LogP contribution in [-0.4, -0.2) is 35.6 Å².